The first-order valence-corrected chi connectivity index (χ1v) is 11.7. The van der Waals surface area contributed by atoms with Gasteiger partial charge in [0, 0.05) is 24.6 Å². The van der Waals surface area contributed by atoms with Crippen molar-refractivity contribution < 1.29 is 5.48 Å². The lowest BCUT2D eigenvalue weighted by Crippen LogP contribution is -2.16. The lowest BCUT2D eigenvalue weighted by molar-refractivity contribution is 0.472. The first kappa shape index (κ1) is 33.8. The normalized spacial score (nSPS) is 19.2. The molecule has 6 N–H and O–H groups in total. The third kappa shape index (κ3) is 18.7. The fourth-order valence-corrected chi connectivity index (χ4v) is 3.89. The zero-order chi connectivity index (χ0) is 19.0. The van der Waals surface area contributed by atoms with Crippen molar-refractivity contribution in [3.8, 4) is 0 Å². The average Bonchev–Trinajstić information content (AvgIpc) is 3.09. The lowest BCUT2D eigenvalue weighted by atomic mass is 10.0. The minimum absolute atomic E-state index is 0. The number of nitrogens with two attached hydrogens (primary N) is 2. The Morgan fingerprint density at radius 3 is 1.14 bits per heavy atom. The summed E-state index contributed by atoms with van der Waals surface area (Å²) in [6.07, 6.45) is 16.5. The Hall–Kier alpha value is 0.180. The van der Waals surface area contributed by atoms with Crippen LogP contribution in [0.15, 0.2) is 9.98 Å². The van der Waals surface area contributed by atoms with Gasteiger partial charge < -0.3 is 16.9 Å². The summed E-state index contributed by atoms with van der Waals surface area (Å²) in [5.74, 6) is 4.11. The van der Waals surface area contributed by atoms with Crippen LogP contribution in [-0.4, -0.2) is 41.7 Å². The van der Waals surface area contributed by atoms with Gasteiger partial charge in [0.15, 0.2) is 0 Å². The molecule has 2 rings (SSSR count). The van der Waals surface area contributed by atoms with Gasteiger partial charge in [-0.15, -0.1) is 24.8 Å². The molecule has 0 aromatic rings. The number of rotatable bonds is 6. The second-order valence-corrected chi connectivity index (χ2v) is 8.33. The second kappa shape index (κ2) is 22.9. The molecule has 0 aromatic heterocycles. The number of nitrogens with zero attached hydrogens (tertiary/aromatic N) is 2. The van der Waals surface area contributed by atoms with Crippen LogP contribution >= 0.6 is 50.1 Å². The molecule has 2 aliphatic carbocycles. The number of hydrogen-bond acceptors (Lipinski definition) is 4. The maximum Gasteiger partial charge on any atom is 0.103 e. The number of thiol groups is 2. The molecule has 5 nitrogen and oxygen atoms in total. The Kier molecular flexibility index (Phi) is 26.6. The Balaban J connectivity index is -0.000000422. The van der Waals surface area contributed by atoms with Gasteiger partial charge in [-0.25, -0.2) is 0 Å². The van der Waals surface area contributed by atoms with Crippen molar-refractivity contribution in [2.75, 3.05) is 24.6 Å². The van der Waals surface area contributed by atoms with Crippen molar-refractivity contribution >= 4 is 61.7 Å². The molecule has 0 amide bonds. The van der Waals surface area contributed by atoms with Crippen molar-refractivity contribution in [3.05, 3.63) is 0 Å². The van der Waals surface area contributed by atoms with Gasteiger partial charge in [-0.3, -0.25) is 9.98 Å². The van der Waals surface area contributed by atoms with Gasteiger partial charge in [0.2, 0.25) is 0 Å². The molecular weight excluding hydrogens is 447 g/mol. The molecule has 9 heteroatoms. The van der Waals surface area contributed by atoms with Gasteiger partial charge in [-0.05, 0) is 37.5 Å². The summed E-state index contributed by atoms with van der Waals surface area (Å²) in [6.45, 7) is 1.85. The third-order valence-corrected chi connectivity index (χ3v) is 6.03. The van der Waals surface area contributed by atoms with E-state index in [4.69, 9.17) is 11.5 Å². The average molecular weight is 492 g/mol. The Morgan fingerprint density at radius 2 is 0.897 bits per heavy atom. The van der Waals surface area contributed by atoms with Crippen LogP contribution < -0.4 is 11.5 Å². The van der Waals surface area contributed by atoms with Gasteiger partial charge in [0.25, 0.3) is 0 Å². The standard InChI is InChI=1S/2C10H20N2S.2ClH.H2O/c2*11-10(8-13)12-7-9-5-3-1-2-4-6-9;;;/h2*9,13H,1-8H2,(H2,11,12);2*1H;1H2. The summed E-state index contributed by atoms with van der Waals surface area (Å²) in [4.78, 5) is 8.65. The molecule has 0 unspecified atom stereocenters. The minimum atomic E-state index is 0. The van der Waals surface area contributed by atoms with Crippen molar-refractivity contribution in [2.24, 2.45) is 33.3 Å². The zero-order valence-electron chi connectivity index (χ0n) is 17.7. The van der Waals surface area contributed by atoms with E-state index in [-0.39, 0.29) is 30.3 Å². The fourth-order valence-electron chi connectivity index (χ4n) is 3.69. The number of aliphatic imine (C=N–C) groups is 2. The molecule has 2 fully saturated rings. The first-order chi connectivity index (χ1) is 12.7. The minimum Gasteiger partial charge on any atom is -0.412 e. The molecule has 0 saturated heterocycles. The molecule has 0 atom stereocenters. The molecule has 0 heterocycles. The molecule has 0 radical (unpaired) electrons. The lowest BCUT2D eigenvalue weighted by Gasteiger charge is -2.10. The molecular formula is C20H44Cl2N4OS2. The SMILES string of the molecule is Cl.Cl.NC(CS)=NCC1CCCCCC1.NC(CS)=NCC1CCCCCC1.O. The van der Waals surface area contributed by atoms with E-state index in [9.17, 15) is 0 Å². The van der Waals surface area contributed by atoms with Crippen molar-refractivity contribution in [1.82, 2.24) is 0 Å². The number of amidine groups is 2. The summed E-state index contributed by atoms with van der Waals surface area (Å²) >= 11 is 8.16. The smallest absolute Gasteiger partial charge is 0.103 e. The predicted octanol–water partition coefficient (Wildman–Crippen LogP) is 4.51. The summed E-state index contributed by atoms with van der Waals surface area (Å²) < 4.78 is 0. The van der Waals surface area contributed by atoms with Crippen LogP contribution in [0.5, 0.6) is 0 Å². The van der Waals surface area contributed by atoms with Crippen LogP contribution in [0.3, 0.4) is 0 Å². The molecule has 2 saturated carbocycles. The van der Waals surface area contributed by atoms with Gasteiger partial charge >= 0.3 is 0 Å². The predicted molar refractivity (Wildman–Crippen MR) is 141 cm³/mol. The largest absolute Gasteiger partial charge is 0.412 e. The van der Waals surface area contributed by atoms with E-state index < -0.39 is 0 Å². The van der Waals surface area contributed by atoms with E-state index in [0.717, 1.165) is 24.9 Å². The molecule has 0 bridgehead atoms. The van der Waals surface area contributed by atoms with Gasteiger partial charge in [-0.2, -0.15) is 25.3 Å². The molecule has 29 heavy (non-hydrogen) atoms. The van der Waals surface area contributed by atoms with Crippen molar-refractivity contribution in [2.45, 2.75) is 77.0 Å². The highest BCUT2D eigenvalue weighted by Crippen LogP contribution is 2.23. The molecule has 176 valence electrons. The van der Waals surface area contributed by atoms with E-state index in [1.165, 1.54) is 77.0 Å². The maximum absolute atomic E-state index is 5.60. The molecule has 0 aliphatic heterocycles. The van der Waals surface area contributed by atoms with Crippen LogP contribution in [0.1, 0.15) is 77.0 Å². The van der Waals surface area contributed by atoms with Crippen LogP contribution in [-0.2, 0) is 0 Å². The van der Waals surface area contributed by atoms with Crippen LogP contribution in [0.2, 0.25) is 0 Å². The first-order valence-electron chi connectivity index (χ1n) is 10.4. The summed E-state index contributed by atoms with van der Waals surface area (Å²) in [6, 6.07) is 0. The van der Waals surface area contributed by atoms with Gasteiger partial charge in [0.1, 0.15) is 11.7 Å². The van der Waals surface area contributed by atoms with E-state index in [1.54, 1.807) is 0 Å². The van der Waals surface area contributed by atoms with E-state index >= 15 is 0 Å². The zero-order valence-corrected chi connectivity index (χ0v) is 21.2. The quantitative estimate of drug-likeness (QED) is 0.190. The van der Waals surface area contributed by atoms with Crippen LogP contribution in [0.4, 0.5) is 0 Å². The number of halogens is 2. The van der Waals surface area contributed by atoms with Gasteiger partial charge in [-0.1, -0.05) is 51.4 Å². The highest BCUT2D eigenvalue weighted by Gasteiger charge is 2.12. The number of hydrogen-bond donors (Lipinski definition) is 4. The highest BCUT2D eigenvalue weighted by molar-refractivity contribution is 7.81. The Labute approximate surface area is 201 Å². The van der Waals surface area contributed by atoms with Crippen molar-refractivity contribution in [3.63, 3.8) is 0 Å². The third-order valence-electron chi connectivity index (χ3n) is 5.38. The highest BCUT2D eigenvalue weighted by atomic mass is 35.5. The molecule has 0 aromatic carbocycles. The Morgan fingerprint density at radius 1 is 0.621 bits per heavy atom. The monoisotopic (exact) mass is 490 g/mol. The topological polar surface area (TPSA) is 108 Å². The Bertz CT molecular complexity index is 375. The second-order valence-electron chi connectivity index (χ2n) is 7.70. The van der Waals surface area contributed by atoms with E-state index in [1.807, 2.05) is 0 Å². The summed E-state index contributed by atoms with van der Waals surface area (Å²) in [5, 5.41) is 0. The van der Waals surface area contributed by atoms with E-state index in [0.29, 0.717) is 23.2 Å². The van der Waals surface area contributed by atoms with Crippen molar-refractivity contribution in [1.29, 1.82) is 0 Å². The maximum atomic E-state index is 5.60. The summed E-state index contributed by atoms with van der Waals surface area (Å²) in [5.41, 5.74) is 11.2. The van der Waals surface area contributed by atoms with Crippen LogP contribution in [0, 0.1) is 11.8 Å². The van der Waals surface area contributed by atoms with E-state index in [2.05, 4.69) is 35.2 Å². The summed E-state index contributed by atoms with van der Waals surface area (Å²) in [7, 11) is 0. The fraction of sp³-hybridized carbons (Fsp3) is 0.900. The molecule has 0 spiro atoms. The molecule has 2 aliphatic rings. The van der Waals surface area contributed by atoms with Gasteiger partial charge in [0.05, 0.1) is 0 Å². The van der Waals surface area contributed by atoms with Crippen LogP contribution in [0.25, 0.3) is 0 Å².